The molecule has 0 N–H and O–H groups in total. The average molecular weight is 397 g/mol. The topological polar surface area (TPSA) is 61.8 Å². The Morgan fingerprint density at radius 3 is 2.00 bits per heavy atom. The zero-order valence-electron chi connectivity index (χ0n) is 14.3. The van der Waals surface area contributed by atoms with Gasteiger partial charge in [-0.3, -0.25) is 9.59 Å². The number of hydrogen-bond acceptors (Lipinski definition) is 5. The number of benzene rings is 2. The third-order valence-corrected chi connectivity index (χ3v) is 3.91. The van der Waals surface area contributed by atoms with Crippen molar-refractivity contribution < 1.29 is 23.8 Å². The molecule has 7 heteroatoms. The molecule has 26 heavy (non-hydrogen) atoms. The lowest BCUT2D eigenvalue weighted by molar-refractivity contribution is -0.140. The third-order valence-electron chi connectivity index (χ3n) is 3.11. The van der Waals surface area contributed by atoms with Gasteiger partial charge in [-0.25, -0.2) is 0 Å². The van der Waals surface area contributed by atoms with Crippen molar-refractivity contribution in [3.63, 3.8) is 0 Å². The normalized spacial score (nSPS) is 10.5. The van der Waals surface area contributed by atoms with Gasteiger partial charge >= 0.3 is 11.9 Å². The summed E-state index contributed by atoms with van der Waals surface area (Å²) >= 11 is 11.8. The van der Waals surface area contributed by atoms with Crippen LogP contribution in [0.2, 0.25) is 10.0 Å². The number of para-hydroxylation sites is 2. The van der Waals surface area contributed by atoms with Crippen LogP contribution in [0.5, 0.6) is 17.2 Å². The van der Waals surface area contributed by atoms with Crippen molar-refractivity contribution in [3.8, 4) is 17.2 Å². The van der Waals surface area contributed by atoms with Crippen molar-refractivity contribution in [2.45, 2.75) is 32.8 Å². The zero-order valence-corrected chi connectivity index (χ0v) is 15.8. The minimum Gasteiger partial charge on any atom is -0.487 e. The smallest absolute Gasteiger partial charge is 0.311 e. The highest BCUT2D eigenvalue weighted by atomic mass is 35.5. The van der Waals surface area contributed by atoms with E-state index in [1.807, 2.05) is 13.8 Å². The Kier molecular flexibility index (Phi) is 7.30. The van der Waals surface area contributed by atoms with Crippen LogP contribution < -0.4 is 14.2 Å². The molecule has 0 bridgehead atoms. The fourth-order valence-electron chi connectivity index (χ4n) is 2.00. The first-order valence-corrected chi connectivity index (χ1v) is 8.73. The van der Waals surface area contributed by atoms with E-state index in [1.54, 1.807) is 36.4 Å². The van der Waals surface area contributed by atoms with Gasteiger partial charge in [0.25, 0.3) is 0 Å². The minimum atomic E-state index is -0.613. The maximum absolute atomic E-state index is 12.0. The van der Waals surface area contributed by atoms with Gasteiger partial charge in [-0.2, -0.15) is 0 Å². The van der Waals surface area contributed by atoms with Gasteiger partial charge in [0.2, 0.25) is 0 Å². The van der Waals surface area contributed by atoms with Gasteiger partial charge in [0.05, 0.1) is 24.0 Å². The van der Waals surface area contributed by atoms with Crippen LogP contribution in [0.1, 0.15) is 26.7 Å². The van der Waals surface area contributed by atoms with Crippen molar-refractivity contribution in [2.24, 2.45) is 0 Å². The maximum Gasteiger partial charge on any atom is 0.311 e. The fraction of sp³-hybridized carbons (Fsp3) is 0.263. The van der Waals surface area contributed by atoms with E-state index in [-0.39, 0.29) is 34.7 Å². The fourth-order valence-corrected chi connectivity index (χ4v) is 2.33. The van der Waals surface area contributed by atoms with E-state index in [0.29, 0.717) is 11.5 Å². The molecule has 0 heterocycles. The summed E-state index contributed by atoms with van der Waals surface area (Å²) < 4.78 is 16.0. The molecule has 0 aliphatic heterocycles. The number of ether oxygens (including phenoxy) is 3. The molecule has 0 spiro atoms. The first kappa shape index (κ1) is 20.1. The van der Waals surface area contributed by atoms with Crippen LogP contribution in [-0.4, -0.2) is 18.0 Å². The highest BCUT2D eigenvalue weighted by Crippen LogP contribution is 2.32. The van der Waals surface area contributed by atoms with Crippen LogP contribution in [0.25, 0.3) is 0 Å². The first-order valence-electron chi connectivity index (χ1n) is 7.98. The number of esters is 2. The Morgan fingerprint density at radius 1 is 0.846 bits per heavy atom. The standard InChI is InChI=1S/C19H18Cl2O5/c1-12(2)24-14-7-3-4-8-15(14)25-17(22)10-11-18(23)26-16-9-5-6-13(20)19(16)21/h3-9,12H,10-11H2,1-2H3. The summed E-state index contributed by atoms with van der Waals surface area (Å²) in [5.74, 6) is -0.272. The van der Waals surface area contributed by atoms with E-state index in [1.165, 1.54) is 6.07 Å². The largest absolute Gasteiger partial charge is 0.487 e. The second kappa shape index (κ2) is 9.46. The van der Waals surface area contributed by atoms with Gasteiger partial charge in [0.1, 0.15) is 5.02 Å². The van der Waals surface area contributed by atoms with Crippen molar-refractivity contribution >= 4 is 35.1 Å². The summed E-state index contributed by atoms with van der Waals surface area (Å²) in [5.41, 5.74) is 0. The molecule has 0 saturated carbocycles. The average Bonchev–Trinajstić information content (AvgIpc) is 2.58. The molecule has 2 aromatic carbocycles. The number of carbonyl (C=O) groups excluding carboxylic acids is 2. The summed E-state index contributed by atoms with van der Waals surface area (Å²) in [6.07, 6.45) is -0.366. The quantitative estimate of drug-likeness (QED) is 0.482. The van der Waals surface area contributed by atoms with E-state index in [2.05, 4.69) is 0 Å². The Hall–Kier alpha value is -2.24. The molecule has 2 aromatic rings. The van der Waals surface area contributed by atoms with Crippen molar-refractivity contribution in [1.29, 1.82) is 0 Å². The molecule has 0 radical (unpaired) electrons. The van der Waals surface area contributed by atoms with Gasteiger partial charge in [0, 0.05) is 0 Å². The van der Waals surface area contributed by atoms with Crippen LogP contribution in [0.4, 0.5) is 0 Å². The summed E-state index contributed by atoms with van der Waals surface area (Å²) in [6.45, 7) is 3.74. The number of rotatable bonds is 7. The molecule has 0 fully saturated rings. The third kappa shape index (κ3) is 5.93. The van der Waals surface area contributed by atoms with E-state index < -0.39 is 11.9 Å². The molecule has 0 unspecified atom stereocenters. The molecular formula is C19H18Cl2O5. The molecule has 0 aromatic heterocycles. The summed E-state index contributed by atoms with van der Waals surface area (Å²) in [5, 5.41) is 0.419. The van der Waals surface area contributed by atoms with Crippen LogP contribution in [0, 0.1) is 0 Å². The van der Waals surface area contributed by atoms with Crippen LogP contribution in [0.3, 0.4) is 0 Å². The summed E-state index contributed by atoms with van der Waals surface area (Å²) in [4.78, 5) is 23.9. The molecule has 0 amide bonds. The number of carbonyl (C=O) groups is 2. The van der Waals surface area contributed by atoms with Gasteiger partial charge in [0.15, 0.2) is 17.2 Å². The SMILES string of the molecule is CC(C)Oc1ccccc1OC(=O)CCC(=O)Oc1cccc(Cl)c1Cl. The monoisotopic (exact) mass is 396 g/mol. The molecule has 138 valence electrons. The van der Waals surface area contributed by atoms with Crippen molar-refractivity contribution in [1.82, 2.24) is 0 Å². The molecule has 0 atom stereocenters. The predicted octanol–water partition coefficient (Wildman–Crippen LogP) is 5.07. The lowest BCUT2D eigenvalue weighted by Gasteiger charge is -2.13. The molecule has 0 aliphatic rings. The zero-order chi connectivity index (χ0) is 19.1. The van der Waals surface area contributed by atoms with Crippen LogP contribution in [0.15, 0.2) is 42.5 Å². The van der Waals surface area contributed by atoms with Gasteiger partial charge < -0.3 is 14.2 Å². The number of hydrogen-bond donors (Lipinski definition) is 0. The van der Waals surface area contributed by atoms with E-state index in [9.17, 15) is 9.59 Å². The van der Waals surface area contributed by atoms with Crippen LogP contribution in [-0.2, 0) is 9.59 Å². The molecule has 5 nitrogen and oxygen atoms in total. The van der Waals surface area contributed by atoms with Gasteiger partial charge in [-0.15, -0.1) is 0 Å². The molecule has 0 saturated heterocycles. The first-order chi connectivity index (χ1) is 12.4. The van der Waals surface area contributed by atoms with E-state index in [0.717, 1.165) is 0 Å². The van der Waals surface area contributed by atoms with Crippen molar-refractivity contribution in [2.75, 3.05) is 0 Å². The van der Waals surface area contributed by atoms with E-state index >= 15 is 0 Å². The molecule has 0 aliphatic carbocycles. The molecular weight excluding hydrogens is 379 g/mol. The highest BCUT2D eigenvalue weighted by Gasteiger charge is 2.15. The second-order valence-electron chi connectivity index (χ2n) is 5.61. The predicted molar refractivity (Wildman–Crippen MR) is 99.2 cm³/mol. The lowest BCUT2D eigenvalue weighted by Crippen LogP contribution is -2.15. The van der Waals surface area contributed by atoms with Crippen LogP contribution >= 0.6 is 23.2 Å². The lowest BCUT2D eigenvalue weighted by atomic mass is 10.3. The highest BCUT2D eigenvalue weighted by molar-refractivity contribution is 6.43. The molecule has 2 rings (SSSR count). The van der Waals surface area contributed by atoms with Gasteiger partial charge in [-0.1, -0.05) is 41.4 Å². The Labute approximate surface area is 161 Å². The van der Waals surface area contributed by atoms with Crippen molar-refractivity contribution in [3.05, 3.63) is 52.5 Å². The summed E-state index contributed by atoms with van der Waals surface area (Å²) in [6, 6.07) is 11.5. The Bertz CT molecular complexity index is 789. The number of halogens is 2. The summed E-state index contributed by atoms with van der Waals surface area (Å²) in [7, 11) is 0. The minimum absolute atomic E-state index is 0.0627. The Morgan fingerprint density at radius 2 is 1.38 bits per heavy atom. The maximum atomic E-state index is 12.0. The Balaban J connectivity index is 1.89. The van der Waals surface area contributed by atoms with E-state index in [4.69, 9.17) is 37.4 Å². The van der Waals surface area contributed by atoms with Gasteiger partial charge in [-0.05, 0) is 38.1 Å². The second-order valence-corrected chi connectivity index (χ2v) is 6.40.